The first-order valence-corrected chi connectivity index (χ1v) is 9.37. The first kappa shape index (κ1) is 19.6. The molecule has 3 rings (SSSR count). The summed E-state index contributed by atoms with van der Waals surface area (Å²) >= 11 is 0. The number of para-hydroxylation sites is 1. The molecule has 0 bridgehead atoms. The van der Waals surface area contributed by atoms with Crippen LogP contribution in [-0.2, 0) is 5.60 Å². The van der Waals surface area contributed by atoms with E-state index in [1.165, 1.54) is 6.07 Å². The minimum atomic E-state index is -1.43. The first-order valence-electron chi connectivity index (χ1n) is 9.37. The molecule has 0 aromatic heterocycles. The second-order valence-electron chi connectivity index (χ2n) is 7.21. The zero-order valence-corrected chi connectivity index (χ0v) is 16.0. The molecular weight excluding hydrogens is 350 g/mol. The van der Waals surface area contributed by atoms with Crippen molar-refractivity contribution in [3.05, 3.63) is 102 Å². The van der Waals surface area contributed by atoms with Gasteiger partial charge in [-0.2, -0.15) is 0 Å². The Hall–Kier alpha value is -3.11. The van der Waals surface area contributed by atoms with Gasteiger partial charge in [-0.3, -0.25) is 4.79 Å². The van der Waals surface area contributed by atoms with Crippen LogP contribution in [0.1, 0.15) is 35.3 Å². The highest BCUT2D eigenvalue weighted by Crippen LogP contribution is 2.36. The number of hydrogen-bond acceptors (Lipinski definition) is 3. The molecule has 0 saturated carbocycles. The summed E-state index contributed by atoms with van der Waals surface area (Å²) in [5.74, 6) is -0.604. The van der Waals surface area contributed by atoms with Crippen LogP contribution >= 0.6 is 0 Å². The van der Waals surface area contributed by atoms with Crippen LogP contribution in [-0.4, -0.2) is 22.2 Å². The molecule has 3 aromatic rings. The molecule has 4 heteroatoms. The van der Waals surface area contributed by atoms with Crippen molar-refractivity contribution in [2.45, 2.75) is 25.5 Å². The van der Waals surface area contributed by atoms with Crippen molar-refractivity contribution >= 4 is 5.91 Å². The van der Waals surface area contributed by atoms with Crippen LogP contribution in [0.15, 0.2) is 84.9 Å². The van der Waals surface area contributed by atoms with Gasteiger partial charge in [0, 0.05) is 0 Å². The van der Waals surface area contributed by atoms with E-state index in [0.717, 1.165) is 0 Å². The summed E-state index contributed by atoms with van der Waals surface area (Å²) in [4.78, 5) is 12.9. The van der Waals surface area contributed by atoms with Crippen LogP contribution in [0.3, 0.4) is 0 Å². The molecule has 0 aliphatic heterocycles. The highest BCUT2D eigenvalue weighted by atomic mass is 16.3. The number of benzene rings is 3. The normalized spacial score (nSPS) is 12.6. The van der Waals surface area contributed by atoms with Gasteiger partial charge in [-0.25, -0.2) is 0 Å². The number of phenolic OH excluding ortho intramolecular Hbond substituents is 1. The summed E-state index contributed by atoms with van der Waals surface area (Å²) < 4.78 is 0. The lowest BCUT2D eigenvalue weighted by atomic mass is 9.75. The SMILES string of the molecule is CC(C)[C@H](NC(=O)c1ccccc1O)C(O)(c1ccccc1)c1ccccc1. The van der Waals surface area contributed by atoms with E-state index in [1.54, 1.807) is 18.2 Å². The topological polar surface area (TPSA) is 69.6 Å². The number of phenols is 1. The van der Waals surface area contributed by atoms with Crippen molar-refractivity contribution in [1.82, 2.24) is 5.32 Å². The average molecular weight is 375 g/mol. The van der Waals surface area contributed by atoms with Gasteiger partial charge in [-0.1, -0.05) is 86.6 Å². The predicted molar refractivity (Wildman–Crippen MR) is 110 cm³/mol. The van der Waals surface area contributed by atoms with Gasteiger partial charge in [0.1, 0.15) is 11.4 Å². The summed E-state index contributed by atoms with van der Waals surface area (Å²) in [6.45, 7) is 3.90. The Bertz CT molecular complexity index is 883. The molecule has 1 amide bonds. The van der Waals surface area contributed by atoms with E-state index in [9.17, 15) is 15.0 Å². The van der Waals surface area contributed by atoms with E-state index in [-0.39, 0.29) is 17.2 Å². The summed E-state index contributed by atoms with van der Waals surface area (Å²) in [6, 6.07) is 24.4. The highest BCUT2D eigenvalue weighted by Gasteiger charge is 2.43. The van der Waals surface area contributed by atoms with Gasteiger partial charge in [-0.05, 0) is 29.2 Å². The van der Waals surface area contributed by atoms with Crippen LogP contribution in [0.5, 0.6) is 5.75 Å². The van der Waals surface area contributed by atoms with Gasteiger partial charge in [0.2, 0.25) is 0 Å². The third-order valence-electron chi connectivity index (χ3n) is 4.98. The number of aliphatic hydroxyl groups is 1. The predicted octanol–water partition coefficient (Wildman–Crippen LogP) is 4.08. The van der Waals surface area contributed by atoms with Crippen LogP contribution in [0.4, 0.5) is 0 Å². The Morgan fingerprint density at radius 2 is 1.29 bits per heavy atom. The molecule has 3 aromatic carbocycles. The van der Waals surface area contributed by atoms with Crippen molar-refractivity contribution in [2.24, 2.45) is 5.92 Å². The second kappa shape index (κ2) is 8.28. The van der Waals surface area contributed by atoms with Gasteiger partial charge < -0.3 is 15.5 Å². The number of rotatable bonds is 6. The fourth-order valence-electron chi connectivity index (χ4n) is 3.55. The van der Waals surface area contributed by atoms with Gasteiger partial charge in [0.25, 0.3) is 5.91 Å². The largest absolute Gasteiger partial charge is 0.507 e. The number of hydrogen-bond donors (Lipinski definition) is 3. The number of nitrogens with one attached hydrogen (secondary N) is 1. The van der Waals surface area contributed by atoms with Gasteiger partial charge >= 0.3 is 0 Å². The second-order valence-corrected chi connectivity index (χ2v) is 7.21. The lowest BCUT2D eigenvalue weighted by molar-refractivity contribution is 0.0185. The molecule has 0 heterocycles. The van der Waals surface area contributed by atoms with Crippen molar-refractivity contribution in [2.75, 3.05) is 0 Å². The third kappa shape index (κ3) is 3.78. The summed E-state index contributed by atoms with van der Waals surface area (Å²) in [5.41, 5.74) is 0.128. The molecule has 1 atom stereocenters. The number of carbonyl (C=O) groups is 1. The lowest BCUT2D eigenvalue weighted by Crippen LogP contribution is -2.54. The zero-order valence-electron chi connectivity index (χ0n) is 16.0. The van der Waals surface area contributed by atoms with E-state index in [0.29, 0.717) is 11.1 Å². The molecule has 0 saturated heterocycles. The van der Waals surface area contributed by atoms with E-state index in [1.807, 2.05) is 74.5 Å². The Labute approximate surface area is 165 Å². The van der Waals surface area contributed by atoms with Crippen LogP contribution in [0.25, 0.3) is 0 Å². The lowest BCUT2D eigenvalue weighted by Gasteiger charge is -2.40. The van der Waals surface area contributed by atoms with E-state index < -0.39 is 17.6 Å². The Morgan fingerprint density at radius 3 is 1.75 bits per heavy atom. The van der Waals surface area contributed by atoms with Crippen molar-refractivity contribution in [3.63, 3.8) is 0 Å². The maximum atomic E-state index is 12.9. The summed E-state index contributed by atoms with van der Waals surface area (Å²) in [6.07, 6.45) is 0. The number of carbonyl (C=O) groups excluding carboxylic acids is 1. The average Bonchev–Trinajstić information content (AvgIpc) is 2.72. The minimum Gasteiger partial charge on any atom is -0.507 e. The Balaban J connectivity index is 2.08. The summed E-state index contributed by atoms with van der Waals surface area (Å²) in [7, 11) is 0. The third-order valence-corrected chi connectivity index (χ3v) is 4.98. The maximum Gasteiger partial charge on any atom is 0.255 e. The van der Waals surface area contributed by atoms with Crippen LogP contribution in [0, 0.1) is 5.92 Å². The first-order chi connectivity index (χ1) is 13.4. The minimum absolute atomic E-state index is 0.0831. The number of amides is 1. The quantitative estimate of drug-likeness (QED) is 0.608. The fraction of sp³-hybridized carbons (Fsp3) is 0.208. The maximum absolute atomic E-state index is 12.9. The monoisotopic (exact) mass is 375 g/mol. The summed E-state index contributed by atoms with van der Waals surface area (Å²) in [5, 5.41) is 25.0. The fourth-order valence-corrected chi connectivity index (χ4v) is 3.55. The molecule has 0 unspecified atom stereocenters. The molecule has 4 nitrogen and oxygen atoms in total. The number of aromatic hydroxyl groups is 1. The molecule has 0 aliphatic carbocycles. The van der Waals surface area contributed by atoms with Gasteiger partial charge in [0.05, 0.1) is 11.6 Å². The highest BCUT2D eigenvalue weighted by molar-refractivity contribution is 5.97. The smallest absolute Gasteiger partial charge is 0.255 e. The molecular formula is C24H25NO3. The van der Waals surface area contributed by atoms with E-state index in [4.69, 9.17) is 0 Å². The zero-order chi connectivity index (χ0) is 20.1. The Kier molecular flexibility index (Phi) is 5.81. The van der Waals surface area contributed by atoms with Gasteiger partial charge in [0.15, 0.2) is 0 Å². The molecule has 28 heavy (non-hydrogen) atoms. The van der Waals surface area contributed by atoms with Crippen molar-refractivity contribution < 1.29 is 15.0 Å². The molecule has 0 fully saturated rings. The van der Waals surface area contributed by atoms with Gasteiger partial charge in [-0.15, -0.1) is 0 Å². The van der Waals surface area contributed by atoms with E-state index >= 15 is 0 Å². The standard InChI is InChI=1S/C24H25NO3/c1-17(2)22(25-23(27)20-15-9-10-16-21(20)26)24(28,18-11-5-3-6-12-18)19-13-7-4-8-14-19/h3-17,22,26,28H,1-2H3,(H,25,27)/t22-/m0/s1. The Morgan fingerprint density at radius 1 is 0.821 bits per heavy atom. The molecule has 0 aliphatic rings. The van der Waals surface area contributed by atoms with E-state index in [2.05, 4.69) is 5.32 Å². The molecule has 0 radical (unpaired) electrons. The van der Waals surface area contributed by atoms with Crippen LogP contribution in [0.2, 0.25) is 0 Å². The molecule has 144 valence electrons. The van der Waals surface area contributed by atoms with Crippen LogP contribution < -0.4 is 5.32 Å². The van der Waals surface area contributed by atoms with Crippen molar-refractivity contribution in [3.8, 4) is 5.75 Å². The van der Waals surface area contributed by atoms with Crippen molar-refractivity contribution in [1.29, 1.82) is 0 Å². The molecule has 0 spiro atoms. The molecule has 3 N–H and O–H groups in total.